The van der Waals surface area contributed by atoms with E-state index < -0.39 is 10.0 Å². The number of rotatable bonds is 8. The molecule has 2 aromatic rings. The van der Waals surface area contributed by atoms with Crippen LogP contribution in [0.25, 0.3) is 0 Å². The van der Waals surface area contributed by atoms with Crippen molar-refractivity contribution in [2.75, 3.05) is 33.8 Å². The third-order valence-electron chi connectivity index (χ3n) is 4.55. The highest BCUT2D eigenvalue weighted by Crippen LogP contribution is 2.23. The van der Waals surface area contributed by atoms with Crippen molar-refractivity contribution in [1.82, 2.24) is 10.2 Å². The number of hydrogen-bond acceptors (Lipinski definition) is 6. The van der Waals surface area contributed by atoms with E-state index in [-0.39, 0.29) is 11.6 Å². The number of nitrogens with zero attached hydrogens (tertiary/aromatic N) is 3. The number of nitrogens with one attached hydrogen (secondary N) is 2. The van der Waals surface area contributed by atoms with Crippen LogP contribution in [0.3, 0.4) is 0 Å². The molecule has 2 N–H and O–H groups in total. The topological polar surface area (TPSA) is 87.2 Å². The van der Waals surface area contributed by atoms with E-state index >= 15 is 0 Å². The molecule has 27 heavy (non-hydrogen) atoms. The standard InChI is InChI=1S/C19H27N5O2S/c1-2-3-15-27(25,26)23-19-12-11-18(21-22-19)20-16-7-9-17(10-8-16)24-13-5-4-6-14-24/h7-12H,2-6,13-15H2,1H3,(H,20,21)(H,22,23). The van der Waals surface area contributed by atoms with E-state index in [1.165, 1.54) is 24.9 Å². The van der Waals surface area contributed by atoms with Crippen LogP contribution in [0.1, 0.15) is 39.0 Å². The van der Waals surface area contributed by atoms with Crippen LogP contribution in [-0.4, -0.2) is 37.5 Å². The second-order valence-electron chi connectivity index (χ2n) is 6.80. The molecule has 0 atom stereocenters. The van der Waals surface area contributed by atoms with E-state index in [0.29, 0.717) is 12.2 Å². The minimum absolute atomic E-state index is 0.0918. The van der Waals surface area contributed by atoms with E-state index in [0.717, 1.165) is 25.2 Å². The van der Waals surface area contributed by atoms with Crippen molar-refractivity contribution in [3.05, 3.63) is 36.4 Å². The maximum Gasteiger partial charge on any atom is 0.233 e. The fourth-order valence-electron chi connectivity index (χ4n) is 3.05. The van der Waals surface area contributed by atoms with Crippen molar-refractivity contribution in [3.8, 4) is 0 Å². The van der Waals surface area contributed by atoms with Gasteiger partial charge in [0.05, 0.1) is 5.75 Å². The second-order valence-corrected chi connectivity index (χ2v) is 8.64. The highest BCUT2D eigenvalue weighted by molar-refractivity contribution is 7.92. The largest absolute Gasteiger partial charge is 0.372 e. The van der Waals surface area contributed by atoms with E-state index in [1.54, 1.807) is 12.1 Å². The number of sulfonamides is 1. The highest BCUT2D eigenvalue weighted by Gasteiger charge is 2.12. The summed E-state index contributed by atoms with van der Waals surface area (Å²) in [6.07, 6.45) is 5.27. The first kappa shape index (κ1) is 19.4. The Kier molecular flexibility index (Phi) is 6.49. The molecule has 1 aliphatic heterocycles. The van der Waals surface area contributed by atoms with Crippen LogP contribution in [0.5, 0.6) is 0 Å². The van der Waals surface area contributed by atoms with Crippen molar-refractivity contribution in [1.29, 1.82) is 0 Å². The Bertz CT molecular complexity index is 816. The molecule has 1 aromatic heterocycles. The molecule has 1 fully saturated rings. The minimum Gasteiger partial charge on any atom is -0.372 e. The summed E-state index contributed by atoms with van der Waals surface area (Å²) in [4.78, 5) is 2.41. The maximum absolute atomic E-state index is 11.9. The highest BCUT2D eigenvalue weighted by atomic mass is 32.2. The SMILES string of the molecule is CCCCS(=O)(=O)Nc1ccc(Nc2ccc(N3CCCCC3)cc2)nn1. The smallest absolute Gasteiger partial charge is 0.233 e. The van der Waals surface area contributed by atoms with E-state index in [1.807, 2.05) is 19.1 Å². The van der Waals surface area contributed by atoms with Gasteiger partial charge in [0, 0.05) is 24.5 Å². The van der Waals surface area contributed by atoms with Gasteiger partial charge in [-0.05, 0) is 62.1 Å². The van der Waals surface area contributed by atoms with Gasteiger partial charge in [-0.3, -0.25) is 4.72 Å². The van der Waals surface area contributed by atoms with Crippen molar-refractivity contribution in [2.24, 2.45) is 0 Å². The fraction of sp³-hybridized carbons (Fsp3) is 0.474. The fourth-order valence-corrected chi connectivity index (χ4v) is 4.25. The summed E-state index contributed by atoms with van der Waals surface area (Å²) >= 11 is 0. The van der Waals surface area contributed by atoms with Gasteiger partial charge in [0.1, 0.15) is 0 Å². The molecule has 0 spiro atoms. The summed E-state index contributed by atoms with van der Waals surface area (Å²) in [6.45, 7) is 4.19. The molecule has 1 aromatic carbocycles. The molecule has 0 amide bonds. The Balaban J connectivity index is 1.58. The third-order valence-corrected chi connectivity index (χ3v) is 5.90. The molecule has 0 bridgehead atoms. The lowest BCUT2D eigenvalue weighted by Crippen LogP contribution is -2.29. The molecule has 2 heterocycles. The van der Waals surface area contributed by atoms with Crippen LogP contribution in [-0.2, 0) is 10.0 Å². The van der Waals surface area contributed by atoms with Gasteiger partial charge in [-0.2, -0.15) is 0 Å². The number of anilines is 4. The van der Waals surface area contributed by atoms with Crippen LogP contribution >= 0.6 is 0 Å². The molecule has 7 nitrogen and oxygen atoms in total. The summed E-state index contributed by atoms with van der Waals surface area (Å²) in [5, 5.41) is 11.2. The summed E-state index contributed by atoms with van der Waals surface area (Å²) in [7, 11) is -3.36. The quantitative estimate of drug-likeness (QED) is 0.715. The monoisotopic (exact) mass is 389 g/mol. The van der Waals surface area contributed by atoms with E-state index in [2.05, 4.69) is 37.3 Å². The van der Waals surface area contributed by atoms with Crippen molar-refractivity contribution < 1.29 is 8.42 Å². The molecule has 0 saturated carbocycles. The number of unbranched alkanes of at least 4 members (excludes halogenated alkanes) is 1. The van der Waals surface area contributed by atoms with Gasteiger partial charge in [0.15, 0.2) is 11.6 Å². The Morgan fingerprint density at radius 1 is 0.963 bits per heavy atom. The minimum atomic E-state index is -3.36. The normalized spacial score (nSPS) is 14.8. The average Bonchev–Trinajstić information content (AvgIpc) is 2.69. The second kappa shape index (κ2) is 9.03. The summed E-state index contributed by atoms with van der Waals surface area (Å²) in [5.41, 5.74) is 2.16. The molecule has 3 rings (SSSR count). The summed E-state index contributed by atoms with van der Waals surface area (Å²) < 4.78 is 26.3. The lowest BCUT2D eigenvalue weighted by atomic mass is 10.1. The van der Waals surface area contributed by atoms with Gasteiger partial charge >= 0.3 is 0 Å². The van der Waals surface area contributed by atoms with Crippen molar-refractivity contribution >= 4 is 33.0 Å². The van der Waals surface area contributed by atoms with Crippen LogP contribution in [0.15, 0.2) is 36.4 Å². The van der Waals surface area contributed by atoms with Gasteiger partial charge in [-0.1, -0.05) is 13.3 Å². The molecule has 0 unspecified atom stereocenters. The van der Waals surface area contributed by atoms with Crippen LogP contribution in [0.2, 0.25) is 0 Å². The van der Waals surface area contributed by atoms with Crippen LogP contribution < -0.4 is 14.9 Å². The molecular formula is C19H27N5O2S. The first-order valence-corrected chi connectivity index (χ1v) is 11.2. The number of hydrogen-bond donors (Lipinski definition) is 2. The number of piperidine rings is 1. The molecule has 146 valence electrons. The van der Waals surface area contributed by atoms with Gasteiger partial charge in [0.2, 0.25) is 10.0 Å². The zero-order valence-corrected chi connectivity index (χ0v) is 16.5. The Labute approximate surface area is 161 Å². The molecular weight excluding hydrogens is 362 g/mol. The van der Waals surface area contributed by atoms with E-state index in [4.69, 9.17) is 0 Å². The van der Waals surface area contributed by atoms with Gasteiger partial charge in [-0.15, -0.1) is 10.2 Å². The predicted octanol–water partition coefficient (Wildman–Crippen LogP) is 3.75. The molecule has 0 aliphatic carbocycles. The van der Waals surface area contributed by atoms with Gasteiger partial charge in [0.25, 0.3) is 0 Å². The lowest BCUT2D eigenvalue weighted by Gasteiger charge is -2.28. The molecule has 1 aliphatic rings. The zero-order chi connectivity index (χ0) is 19.1. The number of benzene rings is 1. The van der Waals surface area contributed by atoms with Crippen LogP contribution in [0.4, 0.5) is 23.0 Å². The van der Waals surface area contributed by atoms with E-state index in [9.17, 15) is 8.42 Å². The zero-order valence-electron chi connectivity index (χ0n) is 15.7. The Hall–Kier alpha value is -2.35. The molecule has 8 heteroatoms. The first-order chi connectivity index (χ1) is 13.1. The maximum atomic E-state index is 11.9. The average molecular weight is 390 g/mol. The van der Waals surface area contributed by atoms with Crippen LogP contribution in [0, 0.1) is 0 Å². The number of aromatic nitrogens is 2. The van der Waals surface area contributed by atoms with Crippen molar-refractivity contribution in [2.45, 2.75) is 39.0 Å². The predicted molar refractivity (Wildman–Crippen MR) is 110 cm³/mol. The molecule has 1 saturated heterocycles. The summed E-state index contributed by atoms with van der Waals surface area (Å²) in [5.74, 6) is 0.892. The first-order valence-electron chi connectivity index (χ1n) is 9.52. The van der Waals surface area contributed by atoms with Crippen molar-refractivity contribution in [3.63, 3.8) is 0 Å². The summed E-state index contributed by atoms with van der Waals surface area (Å²) in [6, 6.07) is 11.6. The lowest BCUT2D eigenvalue weighted by molar-refractivity contribution is 0.578. The Morgan fingerprint density at radius 3 is 2.26 bits per heavy atom. The van der Waals surface area contributed by atoms with Gasteiger partial charge < -0.3 is 10.2 Å². The van der Waals surface area contributed by atoms with Gasteiger partial charge in [-0.25, -0.2) is 8.42 Å². The molecule has 0 radical (unpaired) electrons. The Morgan fingerprint density at radius 2 is 1.63 bits per heavy atom. The third kappa shape index (κ3) is 5.82.